The highest BCUT2D eigenvalue weighted by Crippen LogP contribution is 2.21. The van der Waals surface area contributed by atoms with Crippen molar-refractivity contribution >= 4 is 11.7 Å². The maximum absolute atomic E-state index is 10.5. The quantitative estimate of drug-likeness (QED) is 0.527. The number of hydrazone groups is 1. The Labute approximate surface area is 97.0 Å². The van der Waals surface area contributed by atoms with Crippen LogP contribution >= 0.6 is 0 Å². The Hall–Kier alpha value is -1.32. The van der Waals surface area contributed by atoms with E-state index in [4.69, 9.17) is 5.73 Å². The molecular weight excluding hydrogens is 202 g/mol. The molecule has 1 rings (SSSR count). The fraction of sp³-hybridized carbons (Fsp3) is 0.667. The second kappa shape index (κ2) is 7.04. The minimum atomic E-state index is -0.593. The zero-order valence-corrected chi connectivity index (χ0v) is 9.96. The van der Waals surface area contributed by atoms with Gasteiger partial charge in [0.25, 0.3) is 0 Å². The van der Waals surface area contributed by atoms with Crippen LogP contribution < -0.4 is 11.2 Å². The van der Waals surface area contributed by atoms with Crippen LogP contribution in [0.15, 0.2) is 16.8 Å². The molecule has 1 aliphatic carbocycles. The average molecular weight is 223 g/mol. The van der Waals surface area contributed by atoms with E-state index in [1.54, 1.807) is 0 Å². The number of hydrogen-bond acceptors (Lipinski definition) is 2. The first kappa shape index (κ1) is 12.7. The highest BCUT2D eigenvalue weighted by Gasteiger charge is 2.12. The molecule has 0 aliphatic heterocycles. The molecule has 3 N–H and O–H groups in total. The molecule has 4 heteroatoms. The van der Waals surface area contributed by atoms with Crippen molar-refractivity contribution in [1.82, 2.24) is 5.43 Å². The summed E-state index contributed by atoms with van der Waals surface area (Å²) in [4.78, 5) is 10.5. The van der Waals surface area contributed by atoms with Gasteiger partial charge < -0.3 is 5.73 Å². The Morgan fingerprint density at radius 1 is 1.50 bits per heavy atom. The molecule has 0 bridgehead atoms. The number of rotatable bonds is 6. The van der Waals surface area contributed by atoms with Crippen LogP contribution in [0, 0.1) is 0 Å². The predicted octanol–water partition coefficient (Wildman–Crippen LogP) is 2.70. The average Bonchev–Trinajstić information content (AvgIpc) is 2.69. The minimum absolute atomic E-state index is 0.593. The fourth-order valence-corrected chi connectivity index (χ4v) is 1.90. The van der Waals surface area contributed by atoms with Crippen molar-refractivity contribution in [1.29, 1.82) is 0 Å². The number of hydrogen-bond donors (Lipinski definition) is 2. The first-order valence-electron chi connectivity index (χ1n) is 6.05. The molecule has 0 spiro atoms. The van der Waals surface area contributed by atoms with Gasteiger partial charge in [-0.1, -0.05) is 32.3 Å². The van der Waals surface area contributed by atoms with Crippen LogP contribution in [-0.4, -0.2) is 11.7 Å². The molecular formula is C12H21N3O. The summed E-state index contributed by atoms with van der Waals surface area (Å²) in [6, 6.07) is -0.593. The first-order valence-corrected chi connectivity index (χ1v) is 6.05. The summed E-state index contributed by atoms with van der Waals surface area (Å²) in [7, 11) is 0. The zero-order chi connectivity index (χ0) is 11.8. The molecule has 16 heavy (non-hydrogen) atoms. The largest absolute Gasteiger partial charge is 0.350 e. The summed E-state index contributed by atoms with van der Waals surface area (Å²) in [6.45, 7) is 2.21. The standard InChI is InChI=1S/C12H21N3O/c1-2-3-4-5-7-10-8-6-9-11(10)14-15-12(13)16/h8H,2-7,9H2,1H3,(H3,13,15,16)/b14-11-. The van der Waals surface area contributed by atoms with E-state index in [2.05, 4.69) is 23.5 Å². The van der Waals surface area contributed by atoms with E-state index < -0.39 is 6.03 Å². The van der Waals surface area contributed by atoms with Crippen molar-refractivity contribution in [3.05, 3.63) is 11.6 Å². The van der Waals surface area contributed by atoms with Gasteiger partial charge in [0.1, 0.15) is 0 Å². The second-order valence-electron chi connectivity index (χ2n) is 4.11. The Morgan fingerprint density at radius 3 is 3.00 bits per heavy atom. The third-order valence-electron chi connectivity index (χ3n) is 2.74. The topological polar surface area (TPSA) is 67.5 Å². The van der Waals surface area contributed by atoms with Gasteiger partial charge in [0.05, 0.1) is 5.71 Å². The number of carbonyl (C=O) groups is 1. The van der Waals surface area contributed by atoms with Crippen molar-refractivity contribution < 1.29 is 4.79 Å². The molecule has 0 atom stereocenters. The van der Waals surface area contributed by atoms with Crippen molar-refractivity contribution in [3.8, 4) is 0 Å². The van der Waals surface area contributed by atoms with Gasteiger partial charge in [-0.05, 0) is 31.3 Å². The van der Waals surface area contributed by atoms with E-state index in [1.807, 2.05) is 0 Å². The summed E-state index contributed by atoms with van der Waals surface area (Å²) >= 11 is 0. The van der Waals surface area contributed by atoms with E-state index in [1.165, 1.54) is 31.3 Å². The van der Waals surface area contributed by atoms with E-state index in [0.717, 1.165) is 25.0 Å². The van der Waals surface area contributed by atoms with Gasteiger partial charge in [-0.2, -0.15) is 5.10 Å². The van der Waals surface area contributed by atoms with Gasteiger partial charge in [0.15, 0.2) is 0 Å². The maximum atomic E-state index is 10.5. The van der Waals surface area contributed by atoms with Gasteiger partial charge in [-0.15, -0.1) is 0 Å². The number of primary amides is 1. The van der Waals surface area contributed by atoms with Crippen molar-refractivity contribution in [2.45, 2.75) is 51.9 Å². The minimum Gasteiger partial charge on any atom is -0.350 e. The van der Waals surface area contributed by atoms with Crippen LogP contribution in [0.3, 0.4) is 0 Å². The number of carbonyl (C=O) groups excluding carboxylic acids is 1. The smallest absolute Gasteiger partial charge is 0.332 e. The molecule has 0 aromatic carbocycles. The highest BCUT2D eigenvalue weighted by atomic mass is 16.2. The normalized spacial score (nSPS) is 17.6. The third-order valence-corrected chi connectivity index (χ3v) is 2.74. The number of amides is 2. The summed E-state index contributed by atoms with van der Waals surface area (Å²) in [5, 5.41) is 4.03. The number of allylic oxidation sites excluding steroid dienone is 2. The Bertz CT molecular complexity index is 295. The van der Waals surface area contributed by atoms with Gasteiger partial charge in [-0.25, -0.2) is 10.2 Å². The second-order valence-corrected chi connectivity index (χ2v) is 4.11. The number of unbranched alkanes of at least 4 members (excludes halogenated alkanes) is 3. The predicted molar refractivity (Wildman–Crippen MR) is 66.2 cm³/mol. The fourth-order valence-electron chi connectivity index (χ4n) is 1.90. The van der Waals surface area contributed by atoms with Gasteiger partial charge in [0.2, 0.25) is 0 Å². The molecule has 0 aromatic rings. The molecule has 4 nitrogen and oxygen atoms in total. The lowest BCUT2D eigenvalue weighted by atomic mass is 10.1. The maximum Gasteiger partial charge on any atom is 0.332 e. The highest BCUT2D eigenvalue weighted by molar-refractivity contribution is 6.02. The molecule has 0 heterocycles. The van der Waals surface area contributed by atoms with Crippen LogP contribution in [0.2, 0.25) is 0 Å². The lowest BCUT2D eigenvalue weighted by Gasteiger charge is -2.04. The van der Waals surface area contributed by atoms with Gasteiger partial charge in [-0.3, -0.25) is 0 Å². The number of urea groups is 1. The summed E-state index contributed by atoms with van der Waals surface area (Å²) in [5.41, 5.74) is 9.56. The summed E-state index contributed by atoms with van der Waals surface area (Å²) in [6.07, 6.45) is 10.3. The SMILES string of the molecule is CCCCCCC1=CCC/C1=N/NC(N)=O. The molecule has 0 unspecified atom stereocenters. The Morgan fingerprint density at radius 2 is 2.31 bits per heavy atom. The lowest BCUT2D eigenvalue weighted by molar-refractivity contribution is 0.249. The van der Waals surface area contributed by atoms with Crippen LogP contribution in [0.25, 0.3) is 0 Å². The molecule has 0 fully saturated rings. The Balaban J connectivity index is 2.34. The molecule has 1 aliphatic rings. The Kier molecular flexibility index (Phi) is 5.61. The van der Waals surface area contributed by atoms with Crippen LogP contribution in [0.1, 0.15) is 51.9 Å². The van der Waals surface area contributed by atoms with Crippen LogP contribution in [0.5, 0.6) is 0 Å². The lowest BCUT2D eigenvalue weighted by Crippen LogP contribution is -2.25. The van der Waals surface area contributed by atoms with Crippen molar-refractivity contribution in [2.24, 2.45) is 10.8 Å². The van der Waals surface area contributed by atoms with E-state index >= 15 is 0 Å². The van der Waals surface area contributed by atoms with E-state index in [0.29, 0.717) is 0 Å². The molecule has 0 aromatic heterocycles. The summed E-state index contributed by atoms with van der Waals surface area (Å²) < 4.78 is 0. The van der Waals surface area contributed by atoms with Crippen LogP contribution in [-0.2, 0) is 0 Å². The molecule has 0 saturated heterocycles. The number of nitrogens with zero attached hydrogens (tertiary/aromatic N) is 1. The monoisotopic (exact) mass is 223 g/mol. The number of nitrogens with two attached hydrogens (primary N) is 1. The van der Waals surface area contributed by atoms with E-state index in [9.17, 15) is 4.79 Å². The molecule has 2 amide bonds. The molecule has 0 saturated carbocycles. The van der Waals surface area contributed by atoms with E-state index in [-0.39, 0.29) is 0 Å². The van der Waals surface area contributed by atoms with Crippen molar-refractivity contribution in [3.63, 3.8) is 0 Å². The van der Waals surface area contributed by atoms with Gasteiger partial charge in [0, 0.05) is 0 Å². The number of nitrogens with one attached hydrogen (secondary N) is 1. The van der Waals surface area contributed by atoms with Crippen molar-refractivity contribution in [2.75, 3.05) is 0 Å². The van der Waals surface area contributed by atoms with Crippen LogP contribution in [0.4, 0.5) is 4.79 Å². The zero-order valence-electron chi connectivity index (χ0n) is 9.96. The third kappa shape index (κ3) is 4.47. The first-order chi connectivity index (χ1) is 7.74. The molecule has 0 radical (unpaired) electrons. The van der Waals surface area contributed by atoms with Gasteiger partial charge >= 0.3 is 6.03 Å². The molecule has 90 valence electrons. The summed E-state index contributed by atoms with van der Waals surface area (Å²) in [5.74, 6) is 0.